The molecule has 1 amide bonds. The Hall–Kier alpha value is -1.72. The lowest BCUT2D eigenvalue weighted by molar-refractivity contribution is -0.929. The molecule has 1 atom stereocenters. The summed E-state index contributed by atoms with van der Waals surface area (Å²) in [5, 5.41) is 2.92. The molecule has 114 valence electrons. The van der Waals surface area contributed by atoms with Gasteiger partial charge in [-0.25, -0.2) is 0 Å². The molecule has 1 saturated heterocycles. The summed E-state index contributed by atoms with van der Waals surface area (Å²) in [6.07, 6.45) is 0. The molecule has 0 aromatic heterocycles. The predicted molar refractivity (Wildman–Crippen MR) is 81.3 cm³/mol. The number of quaternary nitrogens is 1. The van der Waals surface area contributed by atoms with Crippen molar-refractivity contribution in [3.8, 4) is 0 Å². The van der Waals surface area contributed by atoms with Crippen LogP contribution >= 0.6 is 0 Å². The average Bonchev–Trinajstić information content (AvgIpc) is 2.47. The minimum absolute atomic E-state index is 0.00465. The summed E-state index contributed by atoms with van der Waals surface area (Å²) in [4.78, 5) is 23.6. The van der Waals surface area contributed by atoms with Crippen LogP contribution in [-0.2, 0) is 9.53 Å². The zero-order valence-corrected chi connectivity index (χ0v) is 12.9. The number of hydrogen-bond acceptors (Lipinski definition) is 3. The maximum absolute atomic E-state index is 12.4. The maximum Gasteiger partial charge on any atom is 0.282 e. The minimum Gasteiger partial charge on any atom is -0.370 e. The van der Waals surface area contributed by atoms with Gasteiger partial charge < -0.3 is 14.5 Å². The molecule has 21 heavy (non-hydrogen) atoms. The third-order valence-electron chi connectivity index (χ3n) is 4.37. The molecule has 5 nitrogen and oxygen atoms in total. The Labute approximate surface area is 125 Å². The summed E-state index contributed by atoms with van der Waals surface area (Å²) in [5.41, 5.74) is 1.37. The fraction of sp³-hybridized carbons (Fsp3) is 0.500. The number of ether oxygens (including phenoxy) is 1. The largest absolute Gasteiger partial charge is 0.370 e. The van der Waals surface area contributed by atoms with E-state index in [-0.39, 0.29) is 17.7 Å². The summed E-state index contributed by atoms with van der Waals surface area (Å²) in [7, 11) is 2.09. The molecule has 1 heterocycles. The van der Waals surface area contributed by atoms with E-state index in [1.54, 1.807) is 24.3 Å². The highest BCUT2D eigenvalue weighted by Gasteiger charge is 2.36. The first kappa shape index (κ1) is 15.7. The van der Waals surface area contributed by atoms with Gasteiger partial charge in [-0.2, -0.15) is 0 Å². The number of nitrogens with zero attached hydrogens (tertiary/aromatic N) is 1. The molecule has 0 radical (unpaired) electrons. The SMILES string of the molecule is CC(=O)c1ccc(NC(=O)[C@@H](C)[N+]2(C)CCOCC2)cc1. The van der Waals surface area contributed by atoms with E-state index in [9.17, 15) is 9.59 Å². The first-order valence-electron chi connectivity index (χ1n) is 7.26. The molecule has 0 aliphatic carbocycles. The van der Waals surface area contributed by atoms with Crippen molar-refractivity contribution < 1.29 is 18.8 Å². The second kappa shape index (κ2) is 6.37. The van der Waals surface area contributed by atoms with E-state index in [1.807, 2.05) is 6.92 Å². The molecule has 1 aromatic rings. The van der Waals surface area contributed by atoms with Crippen molar-refractivity contribution in [2.45, 2.75) is 19.9 Å². The molecule has 1 aromatic carbocycles. The third kappa shape index (κ3) is 3.68. The van der Waals surface area contributed by atoms with E-state index in [0.717, 1.165) is 18.8 Å². The van der Waals surface area contributed by atoms with Crippen LogP contribution in [0.15, 0.2) is 24.3 Å². The summed E-state index contributed by atoms with van der Waals surface area (Å²) >= 11 is 0. The number of likely N-dealkylation sites (N-methyl/N-ethyl adjacent to an activating group) is 1. The molecule has 0 saturated carbocycles. The van der Waals surface area contributed by atoms with Crippen molar-refractivity contribution in [1.29, 1.82) is 0 Å². The normalized spacial score (nSPS) is 18.8. The second-order valence-electron chi connectivity index (χ2n) is 5.84. The molecule has 1 fully saturated rings. The lowest BCUT2D eigenvalue weighted by Crippen LogP contribution is -2.60. The van der Waals surface area contributed by atoms with Crippen LogP contribution in [0.5, 0.6) is 0 Å². The van der Waals surface area contributed by atoms with Crippen LogP contribution in [0.3, 0.4) is 0 Å². The highest BCUT2D eigenvalue weighted by Crippen LogP contribution is 2.16. The van der Waals surface area contributed by atoms with Crippen LogP contribution in [0.4, 0.5) is 5.69 Å². The molecule has 0 spiro atoms. The van der Waals surface area contributed by atoms with Crippen LogP contribution in [-0.4, -0.2) is 55.6 Å². The van der Waals surface area contributed by atoms with Gasteiger partial charge in [0.15, 0.2) is 11.8 Å². The topological polar surface area (TPSA) is 55.4 Å². The van der Waals surface area contributed by atoms with E-state index in [2.05, 4.69) is 12.4 Å². The van der Waals surface area contributed by atoms with E-state index >= 15 is 0 Å². The fourth-order valence-corrected chi connectivity index (χ4v) is 2.47. The van der Waals surface area contributed by atoms with E-state index < -0.39 is 0 Å². The number of morpholine rings is 1. The molecular formula is C16H23N2O3+. The van der Waals surface area contributed by atoms with E-state index in [4.69, 9.17) is 4.74 Å². The quantitative estimate of drug-likeness (QED) is 0.678. The molecule has 0 unspecified atom stereocenters. The highest BCUT2D eigenvalue weighted by molar-refractivity contribution is 5.96. The second-order valence-corrected chi connectivity index (χ2v) is 5.84. The molecule has 1 aliphatic heterocycles. The van der Waals surface area contributed by atoms with Crippen molar-refractivity contribution in [3.63, 3.8) is 0 Å². The smallest absolute Gasteiger partial charge is 0.282 e. The zero-order valence-electron chi connectivity index (χ0n) is 12.9. The standard InChI is InChI=1S/C16H22N2O3/c1-12(18(3)8-10-21-11-9-18)16(20)17-15-6-4-14(5-7-15)13(2)19/h4-7,12H,8-11H2,1-3H3/p+1/t12-/m1/s1. The van der Waals surface area contributed by atoms with Gasteiger partial charge in [-0.15, -0.1) is 0 Å². The van der Waals surface area contributed by atoms with Gasteiger partial charge in [0, 0.05) is 11.3 Å². The van der Waals surface area contributed by atoms with Crippen molar-refractivity contribution in [3.05, 3.63) is 29.8 Å². The van der Waals surface area contributed by atoms with Crippen LogP contribution < -0.4 is 5.32 Å². The zero-order chi connectivity index (χ0) is 15.5. The van der Waals surface area contributed by atoms with Crippen molar-refractivity contribution in [1.82, 2.24) is 0 Å². The van der Waals surface area contributed by atoms with Crippen LogP contribution in [0.25, 0.3) is 0 Å². The Balaban J connectivity index is 2.01. The van der Waals surface area contributed by atoms with Crippen molar-refractivity contribution in [2.75, 3.05) is 38.7 Å². The van der Waals surface area contributed by atoms with Gasteiger partial charge in [0.2, 0.25) is 0 Å². The lowest BCUT2D eigenvalue weighted by Gasteiger charge is -2.41. The third-order valence-corrected chi connectivity index (χ3v) is 4.37. The van der Waals surface area contributed by atoms with E-state index in [0.29, 0.717) is 23.3 Å². The van der Waals surface area contributed by atoms with Crippen LogP contribution in [0, 0.1) is 0 Å². The van der Waals surface area contributed by atoms with Gasteiger partial charge in [-0.1, -0.05) is 0 Å². The average molecular weight is 291 g/mol. The number of nitrogens with one attached hydrogen (secondary N) is 1. The Morgan fingerprint density at radius 3 is 2.29 bits per heavy atom. The molecular weight excluding hydrogens is 268 g/mol. The minimum atomic E-state index is -0.138. The highest BCUT2D eigenvalue weighted by atomic mass is 16.5. The first-order chi connectivity index (χ1) is 9.92. The first-order valence-corrected chi connectivity index (χ1v) is 7.26. The molecule has 2 rings (SSSR count). The number of carbonyl (C=O) groups excluding carboxylic acids is 2. The molecule has 5 heteroatoms. The Bertz CT molecular complexity index is 519. The Kier molecular flexibility index (Phi) is 4.75. The van der Waals surface area contributed by atoms with E-state index in [1.165, 1.54) is 6.92 Å². The Morgan fingerprint density at radius 1 is 1.19 bits per heavy atom. The number of amides is 1. The number of benzene rings is 1. The van der Waals surface area contributed by atoms with Crippen molar-refractivity contribution >= 4 is 17.4 Å². The molecule has 1 aliphatic rings. The summed E-state index contributed by atoms with van der Waals surface area (Å²) in [6, 6.07) is 6.85. The maximum atomic E-state index is 12.4. The van der Waals surface area contributed by atoms with Gasteiger partial charge >= 0.3 is 0 Å². The van der Waals surface area contributed by atoms with Gasteiger partial charge in [0.05, 0.1) is 20.3 Å². The number of rotatable bonds is 4. The number of Topliss-reactive ketones (excluding diaryl/α,β-unsaturated/α-hetero) is 1. The van der Waals surface area contributed by atoms with Crippen LogP contribution in [0.2, 0.25) is 0 Å². The molecule has 1 N–H and O–H groups in total. The summed E-state index contributed by atoms with van der Waals surface area (Å²) in [5.74, 6) is 0.0163. The monoisotopic (exact) mass is 291 g/mol. The van der Waals surface area contributed by atoms with Crippen LogP contribution in [0.1, 0.15) is 24.2 Å². The number of hydrogen-bond donors (Lipinski definition) is 1. The number of carbonyl (C=O) groups is 2. The lowest BCUT2D eigenvalue weighted by atomic mass is 10.1. The van der Waals surface area contributed by atoms with Gasteiger partial charge in [0.1, 0.15) is 13.1 Å². The number of anilines is 1. The fourth-order valence-electron chi connectivity index (χ4n) is 2.47. The summed E-state index contributed by atoms with van der Waals surface area (Å²) < 4.78 is 6.06. The summed E-state index contributed by atoms with van der Waals surface area (Å²) in [6.45, 7) is 6.56. The Morgan fingerprint density at radius 2 is 1.76 bits per heavy atom. The van der Waals surface area contributed by atoms with Gasteiger partial charge in [0.25, 0.3) is 5.91 Å². The van der Waals surface area contributed by atoms with Gasteiger partial charge in [-0.3, -0.25) is 9.59 Å². The van der Waals surface area contributed by atoms with Gasteiger partial charge in [-0.05, 0) is 38.1 Å². The molecule has 0 bridgehead atoms. The predicted octanol–water partition coefficient (Wildman–Crippen LogP) is 1.69. The van der Waals surface area contributed by atoms with Crippen molar-refractivity contribution in [2.24, 2.45) is 0 Å². The number of ketones is 1.